The molecule has 2 rings (SSSR count). The van der Waals surface area contributed by atoms with Crippen molar-refractivity contribution in [3.05, 3.63) is 30.1 Å². The van der Waals surface area contributed by atoms with E-state index in [4.69, 9.17) is 0 Å². The number of rotatable bonds is 3. The van der Waals surface area contributed by atoms with Crippen LogP contribution in [0.15, 0.2) is 29.5 Å². The highest BCUT2D eigenvalue weighted by Gasteiger charge is 2.28. The van der Waals surface area contributed by atoms with Crippen LogP contribution in [0.5, 0.6) is 0 Å². The van der Waals surface area contributed by atoms with E-state index in [9.17, 15) is 0 Å². The van der Waals surface area contributed by atoms with Crippen molar-refractivity contribution in [2.45, 2.75) is 25.0 Å². The number of hydrogen-bond donors (Lipinski definition) is 1. The predicted octanol–water partition coefficient (Wildman–Crippen LogP) is 2.64. The fourth-order valence-electron chi connectivity index (χ4n) is 2.39. The maximum absolute atomic E-state index is 4.42. The van der Waals surface area contributed by atoms with Gasteiger partial charge in [-0.25, -0.2) is 0 Å². The van der Waals surface area contributed by atoms with E-state index >= 15 is 0 Å². The molecule has 0 amide bonds. The molecular formula is C15H25IN4S. The van der Waals surface area contributed by atoms with E-state index < -0.39 is 0 Å². The fourth-order valence-corrected chi connectivity index (χ4v) is 3.51. The molecule has 1 aliphatic rings. The van der Waals surface area contributed by atoms with Crippen LogP contribution in [0.3, 0.4) is 0 Å². The number of hydrogen-bond acceptors (Lipinski definition) is 3. The van der Waals surface area contributed by atoms with Crippen LogP contribution < -0.4 is 5.32 Å². The molecular weight excluding hydrogens is 395 g/mol. The fraction of sp³-hybridized carbons (Fsp3) is 0.600. The van der Waals surface area contributed by atoms with Crippen molar-refractivity contribution in [3.8, 4) is 0 Å². The summed E-state index contributed by atoms with van der Waals surface area (Å²) in [6.07, 6.45) is 4.70. The smallest absolute Gasteiger partial charge is 0.193 e. The summed E-state index contributed by atoms with van der Waals surface area (Å²) in [5.74, 6) is 2.18. The Labute approximate surface area is 149 Å². The van der Waals surface area contributed by atoms with Crippen molar-refractivity contribution in [1.82, 2.24) is 15.2 Å². The van der Waals surface area contributed by atoms with Crippen molar-refractivity contribution in [3.63, 3.8) is 0 Å². The van der Waals surface area contributed by atoms with Crippen LogP contribution in [0.2, 0.25) is 0 Å². The van der Waals surface area contributed by atoms with Gasteiger partial charge in [-0.05, 0) is 31.9 Å². The number of nitrogens with zero attached hydrogens (tertiary/aromatic N) is 3. The van der Waals surface area contributed by atoms with Crippen LogP contribution in [0, 0.1) is 0 Å². The number of halogens is 1. The molecule has 0 unspecified atom stereocenters. The maximum atomic E-state index is 4.42. The van der Waals surface area contributed by atoms with E-state index in [2.05, 4.69) is 40.1 Å². The Morgan fingerprint density at radius 2 is 2.33 bits per heavy atom. The first-order valence-corrected chi connectivity index (χ1v) is 8.08. The van der Waals surface area contributed by atoms with Crippen LogP contribution in [-0.4, -0.2) is 53.0 Å². The Balaban J connectivity index is 0.00000220. The lowest BCUT2D eigenvalue weighted by Crippen LogP contribution is -2.51. The van der Waals surface area contributed by atoms with Gasteiger partial charge in [0.25, 0.3) is 0 Å². The Morgan fingerprint density at radius 3 is 2.95 bits per heavy atom. The zero-order chi connectivity index (χ0) is 14.4. The predicted molar refractivity (Wildman–Crippen MR) is 103 cm³/mol. The minimum Gasteiger partial charge on any atom is -0.356 e. The molecule has 0 bridgehead atoms. The summed E-state index contributed by atoms with van der Waals surface area (Å²) in [5, 5.41) is 3.46. The number of aliphatic imine (C=N–C) groups is 1. The molecule has 0 aliphatic carbocycles. The standard InChI is InChI=1S/C15H24N4S.HI/c1-15(2)12-19(9-10-20-15)14(16-3)18-8-6-13-5-4-7-17-11-13;/h4-5,7,11H,6,8-10,12H2,1-3H3,(H,16,18);1H. The molecule has 1 aromatic rings. The zero-order valence-electron chi connectivity index (χ0n) is 13.0. The van der Waals surface area contributed by atoms with E-state index in [1.807, 2.05) is 37.3 Å². The summed E-state index contributed by atoms with van der Waals surface area (Å²) < 4.78 is 0.305. The SMILES string of the molecule is CN=C(NCCc1cccnc1)N1CCSC(C)(C)C1.I. The molecule has 2 heterocycles. The largest absolute Gasteiger partial charge is 0.356 e. The highest BCUT2D eigenvalue weighted by molar-refractivity contribution is 14.0. The molecule has 6 heteroatoms. The third-order valence-electron chi connectivity index (χ3n) is 3.36. The first-order valence-electron chi connectivity index (χ1n) is 7.09. The zero-order valence-corrected chi connectivity index (χ0v) is 16.1. The highest BCUT2D eigenvalue weighted by atomic mass is 127. The van der Waals surface area contributed by atoms with Gasteiger partial charge in [-0.15, -0.1) is 24.0 Å². The van der Waals surface area contributed by atoms with Crippen molar-refractivity contribution < 1.29 is 0 Å². The van der Waals surface area contributed by atoms with E-state index in [0.717, 1.165) is 37.8 Å². The van der Waals surface area contributed by atoms with Gasteiger partial charge in [0.2, 0.25) is 0 Å². The average Bonchev–Trinajstić information content (AvgIpc) is 2.43. The highest BCUT2D eigenvalue weighted by Crippen LogP contribution is 2.29. The summed E-state index contributed by atoms with van der Waals surface area (Å²) >= 11 is 2.04. The summed E-state index contributed by atoms with van der Waals surface area (Å²) in [6, 6.07) is 4.09. The normalized spacial score (nSPS) is 18.0. The average molecular weight is 420 g/mol. The summed E-state index contributed by atoms with van der Waals surface area (Å²) in [6.45, 7) is 7.60. The number of aromatic nitrogens is 1. The lowest BCUT2D eigenvalue weighted by molar-refractivity contribution is 0.376. The Bertz CT molecular complexity index is 450. The molecule has 0 atom stereocenters. The van der Waals surface area contributed by atoms with Crippen LogP contribution in [-0.2, 0) is 6.42 Å². The summed E-state index contributed by atoms with van der Waals surface area (Å²) in [4.78, 5) is 10.9. The maximum Gasteiger partial charge on any atom is 0.193 e. The molecule has 1 aromatic heterocycles. The number of thioether (sulfide) groups is 1. The lowest BCUT2D eigenvalue weighted by Gasteiger charge is -2.39. The molecule has 0 saturated carbocycles. The third kappa shape index (κ3) is 6.02. The second kappa shape index (κ2) is 8.82. The van der Waals surface area contributed by atoms with Gasteiger partial charge in [-0.3, -0.25) is 9.98 Å². The second-order valence-corrected chi connectivity index (χ2v) is 7.42. The van der Waals surface area contributed by atoms with Crippen molar-refractivity contribution in [1.29, 1.82) is 0 Å². The molecule has 1 fully saturated rings. The topological polar surface area (TPSA) is 40.5 Å². The van der Waals surface area contributed by atoms with Gasteiger partial charge in [-0.2, -0.15) is 11.8 Å². The van der Waals surface area contributed by atoms with Gasteiger partial charge in [0.1, 0.15) is 0 Å². The number of guanidine groups is 1. The number of pyridine rings is 1. The van der Waals surface area contributed by atoms with Gasteiger partial charge in [-0.1, -0.05) is 6.07 Å². The van der Waals surface area contributed by atoms with E-state index in [-0.39, 0.29) is 24.0 Å². The molecule has 1 saturated heterocycles. The van der Waals surface area contributed by atoms with E-state index in [1.165, 1.54) is 5.56 Å². The monoisotopic (exact) mass is 420 g/mol. The molecule has 0 spiro atoms. The minimum absolute atomic E-state index is 0. The Morgan fingerprint density at radius 1 is 1.52 bits per heavy atom. The van der Waals surface area contributed by atoms with Gasteiger partial charge in [0.15, 0.2) is 5.96 Å². The van der Waals surface area contributed by atoms with Gasteiger partial charge in [0.05, 0.1) is 0 Å². The van der Waals surface area contributed by atoms with Crippen LogP contribution in [0.4, 0.5) is 0 Å². The van der Waals surface area contributed by atoms with E-state index in [1.54, 1.807) is 0 Å². The summed E-state index contributed by atoms with van der Waals surface area (Å²) in [7, 11) is 1.86. The van der Waals surface area contributed by atoms with Crippen LogP contribution >= 0.6 is 35.7 Å². The molecule has 0 aromatic carbocycles. The molecule has 1 aliphatic heterocycles. The van der Waals surface area contributed by atoms with Crippen LogP contribution in [0.25, 0.3) is 0 Å². The molecule has 1 N–H and O–H groups in total. The van der Waals surface area contributed by atoms with Gasteiger partial charge in [0, 0.05) is 49.6 Å². The second-order valence-electron chi connectivity index (χ2n) is 5.61. The molecule has 118 valence electrons. The first-order chi connectivity index (χ1) is 9.61. The quantitative estimate of drug-likeness (QED) is 0.464. The van der Waals surface area contributed by atoms with Crippen LogP contribution in [0.1, 0.15) is 19.4 Å². The Hall–Kier alpha value is -0.500. The molecule has 4 nitrogen and oxygen atoms in total. The van der Waals surface area contributed by atoms with Gasteiger partial charge >= 0.3 is 0 Å². The van der Waals surface area contributed by atoms with E-state index in [0.29, 0.717) is 4.75 Å². The molecule has 0 radical (unpaired) electrons. The lowest BCUT2D eigenvalue weighted by atomic mass is 10.2. The van der Waals surface area contributed by atoms with Crippen molar-refractivity contribution in [2.24, 2.45) is 4.99 Å². The third-order valence-corrected chi connectivity index (χ3v) is 4.65. The first kappa shape index (κ1) is 18.5. The number of nitrogens with one attached hydrogen (secondary N) is 1. The minimum atomic E-state index is 0. The Kier molecular flexibility index (Phi) is 7.79. The van der Waals surface area contributed by atoms with Crippen molar-refractivity contribution >= 4 is 41.7 Å². The summed E-state index contributed by atoms with van der Waals surface area (Å²) in [5.41, 5.74) is 1.25. The van der Waals surface area contributed by atoms with Gasteiger partial charge < -0.3 is 10.2 Å². The molecule has 21 heavy (non-hydrogen) atoms. The van der Waals surface area contributed by atoms with Crippen molar-refractivity contribution in [2.75, 3.05) is 32.4 Å².